The lowest BCUT2D eigenvalue weighted by Gasteiger charge is -2.01. The van der Waals surface area contributed by atoms with Gasteiger partial charge < -0.3 is 0 Å². The number of para-hydroxylation sites is 1. The Labute approximate surface area is 92.8 Å². The van der Waals surface area contributed by atoms with Crippen LogP contribution in [0.25, 0.3) is 22.3 Å². The van der Waals surface area contributed by atoms with Gasteiger partial charge in [0, 0.05) is 29.5 Å². The zero-order valence-electron chi connectivity index (χ0n) is 8.54. The predicted molar refractivity (Wildman–Crippen MR) is 62.8 cm³/mol. The first kappa shape index (κ1) is 8.97. The molecule has 0 N–H and O–H groups in total. The maximum atomic E-state index is 4.51. The summed E-state index contributed by atoms with van der Waals surface area (Å²) in [5.74, 6) is 0.737. The van der Waals surface area contributed by atoms with Crippen molar-refractivity contribution in [2.45, 2.75) is 0 Å². The highest BCUT2D eigenvalue weighted by Crippen LogP contribution is 2.16. The first-order valence-electron chi connectivity index (χ1n) is 5.06. The number of aromatic nitrogens is 3. The van der Waals surface area contributed by atoms with Crippen molar-refractivity contribution in [2.75, 3.05) is 0 Å². The first-order valence-corrected chi connectivity index (χ1v) is 5.06. The summed E-state index contributed by atoms with van der Waals surface area (Å²) in [5, 5.41) is 1.06. The van der Waals surface area contributed by atoms with Crippen LogP contribution in [0.2, 0.25) is 0 Å². The van der Waals surface area contributed by atoms with Gasteiger partial charge in [0.05, 0.1) is 5.52 Å². The maximum absolute atomic E-state index is 4.51. The number of fused-ring (bicyclic) bond motifs is 1. The fourth-order valence-electron chi connectivity index (χ4n) is 1.61. The van der Waals surface area contributed by atoms with Crippen LogP contribution in [0.3, 0.4) is 0 Å². The summed E-state index contributed by atoms with van der Waals surface area (Å²) < 4.78 is 0. The van der Waals surface area contributed by atoms with E-state index in [0.717, 1.165) is 22.3 Å². The molecule has 0 aliphatic rings. The van der Waals surface area contributed by atoms with Gasteiger partial charge in [-0.2, -0.15) is 0 Å². The Kier molecular flexibility index (Phi) is 2.07. The molecule has 3 rings (SSSR count). The molecule has 0 saturated heterocycles. The zero-order valence-corrected chi connectivity index (χ0v) is 8.54. The molecule has 0 spiro atoms. The quantitative estimate of drug-likeness (QED) is 0.615. The molecule has 0 unspecified atom stereocenters. The second-order valence-corrected chi connectivity index (χ2v) is 3.49. The first-order chi connectivity index (χ1) is 7.93. The van der Waals surface area contributed by atoms with E-state index in [0.29, 0.717) is 0 Å². The van der Waals surface area contributed by atoms with Gasteiger partial charge in [-0.05, 0) is 18.2 Å². The molecule has 1 aromatic carbocycles. The van der Waals surface area contributed by atoms with Crippen LogP contribution in [0.5, 0.6) is 0 Å². The number of hydrogen-bond donors (Lipinski definition) is 0. The summed E-state index contributed by atoms with van der Waals surface area (Å²) >= 11 is 0. The summed E-state index contributed by atoms with van der Waals surface area (Å²) in [6.07, 6.45) is 5.33. The molecule has 16 heavy (non-hydrogen) atoms. The van der Waals surface area contributed by atoms with Crippen molar-refractivity contribution in [3.05, 3.63) is 55.0 Å². The van der Waals surface area contributed by atoms with Gasteiger partial charge in [-0.1, -0.05) is 18.2 Å². The van der Waals surface area contributed by atoms with Crippen LogP contribution in [-0.4, -0.2) is 15.0 Å². The van der Waals surface area contributed by atoms with E-state index in [-0.39, 0.29) is 0 Å². The molecule has 2 heterocycles. The van der Waals surface area contributed by atoms with Crippen LogP contribution in [0.15, 0.2) is 55.0 Å². The van der Waals surface area contributed by atoms with Crippen molar-refractivity contribution in [1.82, 2.24) is 15.0 Å². The van der Waals surface area contributed by atoms with Gasteiger partial charge in [0.25, 0.3) is 0 Å². The number of hydrogen-bond acceptors (Lipinski definition) is 3. The van der Waals surface area contributed by atoms with Crippen LogP contribution < -0.4 is 0 Å². The van der Waals surface area contributed by atoms with Gasteiger partial charge in [-0.3, -0.25) is 4.98 Å². The Balaban J connectivity index is 2.19. The molecule has 0 aliphatic heterocycles. The Morgan fingerprint density at radius 3 is 2.56 bits per heavy atom. The number of rotatable bonds is 1. The van der Waals surface area contributed by atoms with Gasteiger partial charge in [0.15, 0.2) is 5.82 Å². The average Bonchev–Trinajstić information content (AvgIpc) is 2.39. The van der Waals surface area contributed by atoms with Crippen molar-refractivity contribution >= 4 is 10.9 Å². The van der Waals surface area contributed by atoms with Crippen molar-refractivity contribution < 1.29 is 0 Å². The zero-order chi connectivity index (χ0) is 10.8. The SMILES string of the molecule is c1ccc2nc(-c3ccncc3)ncc2c1. The van der Waals surface area contributed by atoms with Crippen molar-refractivity contribution in [3.8, 4) is 11.4 Å². The highest BCUT2D eigenvalue weighted by Gasteiger charge is 2.01. The smallest absolute Gasteiger partial charge is 0.159 e. The molecule has 3 heteroatoms. The highest BCUT2D eigenvalue weighted by atomic mass is 14.9. The summed E-state index contributed by atoms with van der Waals surface area (Å²) in [6.45, 7) is 0. The monoisotopic (exact) mass is 207 g/mol. The van der Waals surface area contributed by atoms with Crippen LogP contribution in [0.4, 0.5) is 0 Å². The predicted octanol–water partition coefficient (Wildman–Crippen LogP) is 2.69. The second-order valence-electron chi connectivity index (χ2n) is 3.49. The van der Waals surface area contributed by atoms with E-state index >= 15 is 0 Å². The molecule has 0 aliphatic carbocycles. The standard InChI is InChI=1S/C13H9N3/c1-2-4-12-11(3-1)9-15-13(16-12)10-5-7-14-8-6-10/h1-9H. The number of benzene rings is 1. The fourth-order valence-corrected chi connectivity index (χ4v) is 1.61. The van der Waals surface area contributed by atoms with E-state index in [1.165, 1.54) is 0 Å². The molecule has 0 amide bonds. The third kappa shape index (κ3) is 1.52. The minimum Gasteiger partial charge on any atom is -0.265 e. The maximum Gasteiger partial charge on any atom is 0.159 e. The van der Waals surface area contributed by atoms with Gasteiger partial charge in [0.1, 0.15) is 0 Å². The Morgan fingerprint density at radius 1 is 0.875 bits per heavy atom. The van der Waals surface area contributed by atoms with Crippen LogP contribution in [0, 0.1) is 0 Å². The molecule has 3 aromatic rings. The molecule has 0 saturated carbocycles. The summed E-state index contributed by atoms with van der Waals surface area (Å²) in [7, 11) is 0. The van der Waals surface area contributed by atoms with Crippen molar-refractivity contribution in [2.24, 2.45) is 0 Å². The Hall–Kier alpha value is -2.29. The van der Waals surface area contributed by atoms with Crippen molar-refractivity contribution in [3.63, 3.8) is 0 Å². The average molecular weight is 207 g/mol. The van der Waals surface area contributed by atoms with Gasteiger partial charge >= 0.3 is 0 Å². The third-order valence-electron chi connectivity index (χ3n) is 2.43. The summed E-state index contributed by atoms with van der Waals surface area (Å²) in [5.41, 5.74) is 1.95. The van der Waals surface area contributed by atoms with E-state index < -0.39 is 0 Å². The lowest BCUT2D eigenvalue weighted by molar-refractivity contribution is 1.21. The van der Waals surface area contributed by atoms with Gasteiger partial charge in [-0.15, -0.1) is 0 Å². The van der Waals surface area contributed by atoms with E-state index in [9.17, 15) is 0 Å². The van der Waals surface area contributed by atoms with E-state index in [2.05, 4.69) is 15.0 Å². The largest absolute Gasteiger partial charge is 0.265 e. The third-order valence-corrected chi connectivity index (χ3v) is 2.43. The van der Waals surface area contributed by atoms with Gasteiger partial charge in [0.2, 0.25) is 0 Å². The molecule has 76 valence electrons. The van der Waals surface area contributed by atoms with Gasteiger partial charge in [-0.25, -0.2) is 9.97 Å². The van der Waals surface area contributed by atoms with E-state index in [1.807, 2.05) is 42.6 Å². The second kappa shape index (κ2) is 3.70. The number of pyridine rings is 1. The lowest BCUT2D eigenvalue weighted by Crippen LogP contribution is -1.89. The normalized spacial score (nSPS) is 10.5. The summed E-state index contributed by atoms with van der Waals surface area (Å²) in [4.78, 5) is 12.8. The molecule has 0 atom stereocenters. The van der Waals surface area contributed by atoms with E-state index in [4.69, 9.17) is 0 Å². The fraction of sp³-hybridized carbons (Fsp3) is 0. The molecule has 0 radical (unpaired) electrons. The minimum absolute atomic E-state index is 0.737. The minimum atomic E-state index is 0.737. The van der Waals surface area contributed by atoms with Crippen molar-refractivity contribution in [1.29, 1.82) is 0 Å². The molecular formula is C13H9N3. The molecule has 0 fully saturated rings. The summed E-state index contributed by atoms with van der Waals surface area (Å²) in [6, 6.07) is 11.8. The molecule has 2 aromatic heterocycles. The molecule has 3 nitrogen and oxygen atoms in total. The van der Waals surface area contributed by atoms with E-state index in [1.54, 1.807) is 12.4 Å². The van der Waals surface area contributed by atoms with Crippen LogP contribution in [-0.2, 0) is 0 Å². The van der Waals surface area contributed by atoms with Crippen LogP contribution >= 0.6 is 0 Å². The molecule has 0 bridgehead atoms. The number of nitrogens with zero attached hydrogens (tertiary/aromatic N) is 3. The van der Waals surface area contributed by atoms with Crippen LogP contribution in [0.1, 0.15) is 0 Å². The molecular weight excluding hydrogens is 198 g/mol. The Morgan fingerprint density at radius 2 is 1.69 bits per heavy atom. The lowest BCUT2D eigenvalue weighted by atomic mass is 10.2. The Bertz CT molecular complexity index is 620. The topological polar surface area (TPSA) is 38.7 Å². The highest BCUT2D eigenvalue weighted by molar-refractivity contribution is 5.79.